The van der Waals surface area contributed by atoms with Crippen LogP contribution in [0.2, 0.25) is 0 Å². The van der Waals surface area contributed by atoms with Crippen molar-refractivity contribution in [1.29, 1.82) is 0 Å². The molecule has 0 aliphatic carbocycles. The van der Waals surface area contributed by atoms with Crippen molar-refractivity contribution >= 4 is 18.0 Å². The van der Waals surface area contributed by atoms with Crippen LogP contribution in [-0.2, 0) is 9.59 Å². The molecule has 0 unspecified atom stereocenters. The molecule has 105 valence electrons. The number of ketones is 1. The Morgan fingerprint density at radius 3 is 2.29 bits per heavy atom. The van der Waals surface area contributed by atoms with Gasteiger partial charge in [0.15, 0.2) is 5.78 Å². The molecule has 0 aliphatic rings. The maximum atomic E-state index is 12.5. The summed E-state index contributed by atoms with van der Waals surface area (Å²) in [6.45, 7) is 1.67. The van der Waals surface area contributed by atoms with Gasteiger partial charge in [-0.3, -0.25) is 14.4 Å². The molecule has 0 fully saturated rings. The van der Waals surface area contributed by atoms with Crippen LogP contribution in [-0.4, -0.2) is 18.0 Å². The predicted molar refractivity (Wildman–Crippen MR) is 77.0 cm³/mol. The molecule has 0 amide bonds. The lowest BCUT2D eigenvalue weighted by Crippen LogP contribution is -2.11. The van der Waals surface area contributed by atoms with Crippen molar-refractivity contribution < 1.29 is 19.1 Å². The van der Waals surface area contributed by atoms with Gasteiger partial charge in [0.25, 0.3) is 0 Å². The van der Waals surface area contributed by atoms with Crippen LogP contribution in [0.3, 0.4) is 0 Å². The van der Waals surface area contributed by atoms with Gasteiger partial charge in [0, 0.05) is 17.5 Å². The summed E-state index contributed by atoms with van der Waals surface area (Å²) in [4.78, 5) is 34.9. The molecular formula is C17H13O4. The van der Waals surface area contributed by atoms with Gasteiger partial charge in [-0.25, -0.2) is 0 Å². The summed E-state index contributed by atoms with van der Waals surface area (Å²) in [5, 5.41) is 0. The van der Waals surface area contributed by atoms with Crippen molar-refractivity contribution in [3.8, 4) is 5.75 Å². The summed E-state index contributed by atoms with van der Waals surface area (Å²) in [5.74, 6) is -0.617. The number of rotatable bonds is 5. The first-order valence-corrected chi connectivity index (χ1v) is 6.49. The van der Waals surface area contributed by atoms with Gasteiger partial charge in [0.1, 0.15) is 5.75 Å². The van der Waals surface area contributed by atoms with Gasteiger partial charge in [-0.15, -0.1) is 0 Å². The highest BCUT2D eigenvalue weighted by molar-refractivity contribution is 6.14. The third-order valence-electron chi connectivity index (χ3n) is 2.93. The molecule has 0 aromatic heterocycles. The second-order valence-corrected chi connectivity index (χ2v) is 4.30. The molecule has 2 rings (SSSR count). The van der Waals surface area contributed by atoms with E-state index in [0.717, 1.165) is 0 Å². The second-order valence-electron chi connectivity index (χ2n) is 4.30. The fraction of sp³-hybridized carbons (Fsp3) is 0.118. The average molecular weight is 281 g/mol. The lowest BCUT2D eigenvalue weighted by Gasteiger charge is -2.09. The van der Waals surface area contributed by atoms with Crippen LogP contribution in [0.4, 0.5) is 0 Å². The van der Waals surface area contributed by atoms with Gasteiger partial charge in [0.2, 0.25) is 6.29 Å². The summed E-state index contributed by atoms with van der Waals surface area (Å²) in [7, 11) is 0. The van der Waals surface area contributed by atoms with Gasteiger partial charge in [-0.2, -0.15) is 0 Å². The monoisotopic (exact) mass is 281 g/mol. The number of para-hydroxylation sites is 1. The zero-order valence-electron chi connectivity index (χ0n) is 11.5. The maximum absolute atomic E-state index is 12.5. The number of benzene rings is 2. The van der Waals surface area contributed by atoms with Crippen LogP contribution in [0, 0.1) is 0 Å². The Kier molecular flexibility index (Phi) is 4.61. The highest BCUT2D eigenvalue weighted by Gasteiger charge is 2.18. The Balaban J connectivity index is 2.44. The Labute approximate surface area is 122 Å². The van der Waals surface area contributed by atoms with E-state index in [1.807, 2.05) is 0 Å². The third-order valence-corrected chi connectivity index (χ3v) is 2.93. The zero-order valence-corrected chi connectivity index (χ0v) is 11.5. The van der Waals surface area contributed by atoms with Crippen molar-refractivity contribution in [2.45, 2.75) is 13.3 Å². The van der Waals surface area contributed by atoms with E-state index in [-0.39, 0.29) is 34.6 Å². The molecule has 0 N–H and O–H groups in total. The van der Waals surface area contributed by atoms with E-state index in [2.05, 4.69) is 0 Å². The molecule has 21 heavy (non-hydrogen) atoms. The fourth-order valence-electron chi connectivity index (χ4n) is 1.85. The number of hydrogen-bond acceptors (Lipinski definition) is 4. The minimum Gasteiger partial charge on any atom is -0.426 e. The molecule has 0 atom stereocenters. The lowest BCUT2D eigenvalue weighted by molar-refractivity contribution is -0.134. The van der Waals surface area contributed by atoms with Crippen molar-refractivity contribution in [3.63, 3.8) is 0 Å². The largest absolute Gasteiger partial charge is 0.426 e. The molecule has 0 aliphatic heterocycles. The third kappa shape index (κ3) is 3.23. The fourth-order valence-corrected chi connectivity index (χ4v) is 1.85. The lowest BCUT2D eigenvalue weighted by atomic mass is 9.98. The Morgan fingerprint density at radius 1 is 1.00 bits per heavy atom. The second kappa shape index (κ2) is 6.61. The van der Waals surface area contributed by atoms with E-state index in [9.17, 15) is 14.4 Å². The maximum Gasteiger partial charge on any atom is 0.310 e. The van der Waals surface area contributed by atoms with E-state index in [1.165, 1.54) is 6.07 Å². The van der Waals surface area contributed by atoms with Gasteiger partial charge in [-0.1, -0.05) is 43.3 Å². The number of esters is 1. The van der Waals surface area contributed by atoms with Crippen molar-refractivity contribution in [3.05, 3.63) is 65.2 Å². The van der Waals surface area contributed by atoms with Crippen molar-refractivity contribution in [2.75, 3.05) is 0 Å². The Hall–Kier alpha value is -2.75. The molecular weight excluding hydrogens is 268 g/mol. The summed E-state index contributed by atoms with van der Waals surface area (Å²) in [6.07, 6.45) is 1.95. The Bertz CT molecular complexity index is 689. The van der Waals surface area contributed by atoms with E-state index < -0.39 is 5.97 Å². The standard InChI is InChI=1S/C17H13O4/c1-2-16(19)21-15-10-6-5-9-14(15)17(20)13-8-4-3-7-12(13)11-18/h3-10H,2H2,1H3. The van der Waals surface area contributed by atoms with Crippen molar-refractivity contribution in [2.24, 2.45) is 0 Å². The molecule has 1 radical (unpaired) electrons. The number of ether oxygens (including phenoxy) is 1. The highest BCUT2D eigenvalue weighted by atomic mass is 16.5. The van der Waals surface area contributed by atoms with E-state index in [0.29, 0.717) is 0 Å². The number of carbonyl (C=O) groups is 2. The average Bonchev–Trinajstić information content (AvgIpc) is 2.54. The van der Waals surface area contributed by atoms with Crippen LogP contribution in [0.15, 0.2) is 48.5 Å². The van der Waals surface area contributed by atoms with Crippen LogP contribution in [0.25, 0.3) is 0 Å². The topological polar surface area (TPSA) is 60.4 Å². The summed E-state index contributed by atoms with van der Waals surface area (Å²) in [6, 6.07) is 12.8. The van der Waals surface area contributed by atoms with Gasteiger partial charge >= 0.3 is 5.97 Å². The molecule has 0 saturated carbocycles. The minimum absolute atomic E-state index is 0.180. The summed E-state index contributed by atoms with van der Waals surface area (Å²) < 4.78 is 5.15. The highest BCUT2D eigenvalue weighted by Crippen LogP contribution is 2.23. The van der Waals surface area contributed by atoms with Crippen molar-refractivity contribution in [1.82, 2.24) is 0 Å². The number of hydrogen-bond donors (Lipinski definition) is 0. The molecule has 4 nitrogen and oxygen atoms in total. The molecule has 2 aromatic carbocycles. The number of carbonyl (C=O) groups excluding carboxylic acids is 3. The summed E-state index contributed by atoms with van der Waals surface area (Å²) >= 11 is 0. The smallest absolute Gasteiger partial charge is 0.310 e. The minimum atomic E-state index is -0.425. The molecule has 4 heteroatoms. The quantitative estimate of drug-likeness (QED) is 0.480. The van der Waals surface area contributed by atoms with Crippen LogP contribution < -0.4 is 4.74 Å². The molecule has 0 bridgehead atoms. The molecule has 0 heterocycles. The van der Waals surface area contributed by atoms with Crippen LogP contribution in [0.1, 0.15) is 34.8 Å². The van der Waals surface area contributed by atoms with Crippen LogP contribution in [0.5, 0.6) is 5.75 Å². The first-order chi connectivity index (χ1) is 10.2. The molecule has 0 saturated heterocycles. The van der Waals surface area contributed by atoms with Gasteiger partial charge < -0.3 is 4.74 Å². The van der Waals surface area contributed by atoms with Gasteiger partial charge in [-0.05, 0) is 12.1 Å². The first kappa shape index (κ1) is 14.7. The zero-order chi connectivity index (χ0) is 15.2. The molecule has 2 aromatic rings. The predicted octanol–water partition coefficient (Wildman–Crippen LogP) is 2.69. The molecule has 0 spiro atoms. The Morgan fingerprint density at radius 2 is 1.62 bits per heavy atom. The van der Waals surface area contributed by atoms with E-state index in [1.54, 1.807) is 55.7 Å². The van der Waals surface area contributed by atoms with E-state index >= 15 is 0 Å². The normalized spacial score (nSPS) is 9.95. The first-order valence-electron chi connectivity index (χ1n) is 6.49. The SMILES string of the molecule is CCC(=O)Oc1ccccc1C(=O)c1ccccc1[C]=O. The summed E-state index contributed by atoms with van der Waals surface area (Å²) in [5.41, 5.74) is 0.647. The van der Waals surface area contributed by atoms with Crippen LogP contribution >= 0.6 is 0 Å². The van der Waals surface area contributed by atoms with Gasteiger partial charge in [0.05, 0.1) is 5.56 Å². The van der Waals surface area contributed by atoms with E-state index in [4.69, 9.17) is 4.74 Å².